The molecular formula is C21H21ClN4O2S. The number of hydrogen-bond donors (Lipinski definition) is 1. The first-order valence-corrected chi connectivity index (χ1v) is 10.8. The Morgan fingerprint density at radius 3 is 2.76 bits per heavy atom. The van der Waals surface area contributed by atoms with Crippen LogP contribution in [0.5, 0.6) is 5.75 Å². The number of nitrogens with zero attached hydrogens (tertiary/aromatic N) is 3. The molecule has 6 nitrogen and oxygen atoms in total. The molecule has 2 aromatic carbocycles. The maximum Gasteiger partial charge on any atom is 0.221 e. The van der Waals surface area contributed by atoms with Crippen molar-refractivity contribution in [3.8, 4) is 11.4 Å². The van der Waals surface area contributed by atoms with E-state index in [0.717, 1.165) is 46.7 Å². The Morgan fingerprint density at radius 1 is 1.24 bits per heavy atom. The molecule has 4 rings (SSSR count). The highest BCUT2D eigenvalue weighted by Crippen LogP contribution is 2.41. The number of aromatic nitrogens is 3. The number of halogens is 1. The van der Waals surface area contributed by atoms with Crippen molar-refractivity contribution in [3.05, 3.63) is 59.4 Å². The van der Waals surface area contributed by atoms with Gasteiger partial charge in [0.25, 0.3) is 0 Å². The summed E-state index contributed by atoms with van der Waals surface area (Å²) in [6, 6.07) is 15.1. The number of nitrogens with one attached hydrogen (secondary N) is 1. The summed E-state index contributed by atoms with van der Waals surface area (Å²) in [4.78, 5) is 11.4. The van der Waals surface area contributed by atoms with E-state index in [1.165, 1.54) is 6.92 Å². The van der Waals surface area contributed by atoms with Gasteiger partial charge < -0.3 is 10.1 Å². The Morgan fingerprint density at radius 2 is 2.03 bits per heavy atom. The van der Waals surface area contributed by atoms with Crippen molar-refractivity contribution < 1.29 is 9.53 Å². The third kappa shape index (κ3) is 5.10. The van der Waals surface area contributed by atoms with Gasteiger partial charge in [0.2, 0.25) is 5.91 Å². The van der Waals surface area contributed by atoms with Gasteiger partial charge >= 0.3 is 0 Å². The Kier molecular flexibility index (Phi) is 6.06. The molecule has 0 radical (unpaired) electrons. The highest BCUT2D eigenvalue weighted by atomic mass is 35.5. The molecule has 8 heteroatoms. The largest absolute Gasteiger partial charge is 0.493 e. The smallest absolute Gasteiger partial charge is 0.221 e. The van der Waals surface area contributed by atoms with Gasteiger partial charge in [0, 0.05) is 29.3 Å². The Hall–Kier alpha value is -2.51. The Labute approximate surface area is 178 Å². The molecule has 1 fully saturated rings. The van der Waals surface area contributed by atoms with E-state index >= 15 is 0 Å². The van der Waals surface area contributed by atoms with Gasteiger partial charge in [0.15, 0.2) is 5.16 Å². The molecule has 0 aliphatic heterocycles. The summed E-state index contributed by atoms with van der Waals surface area (Å²) in [5, 5.41) is 13.2. The third-order valence-corrected chi connectivity index (χ3v) is 5.57. The van der Waals surface area contributed by atoms with Crippen molar-refractivity contribution in [1.29, 1.82) is 0 Å². The van der Waals surface area contributed by atoms with Crippen molar-refractivity contribution in [2.24, 2.45) is 0 Å². The molecule has 150 valence electrons. The van der Waals surface area contributed by atoms with E-state index in [1.54, 1.807) is 11.8 Å². The van der Waals surface area contributed by atoms with E-state index in [2.05, 4.69) is 20.1 Å². The van der Waals surface area contributed by atoms with Gasteiger partial charge in [-0.2, -0.15) is 0 Å². The maximum absolute atomic E-state index is 11.4. The lowest BCUT2D eigenvalue weighted by molar-refractivity contribution is -0.114. The summed E-state index contributed by atoms with van der Waals surface area (Å²) >= 11 is 7.50. The van der Waals surface area contributed by atoms with E-state index in [0.29, 0.717) is 17.5 Å². The van der Waals surface area contributed by atoms with Gasteiger partial charge in [0.05, 0.1) is 12.3 Å². The zero-order valence-corrected chi connectivity index (χ0v) is 17.5. The molecule has 1 aliphatic rings. The molecule has 0 spiro atoms. The standard InChI is InChI=1S/C21H21ClN4O2S/c1-14(27)23-17-3-2-4-18(13-17)26-20(15-5-6-15)24-25-21(26)29-12-11-28-19-9-7-16(22)8-10-19/h2-4,7-10,13,15H,5-6,11-12H2,1H3,(H,23,27). The second kappa shape index (κ2) is 8.88. The average Bonchev–Trinajstić information content (AvgIpc) is 3.46. The van der Waals surface area contributed by atoms with Crippen LogP contribution >= 0.6 is 23.4 Å². The molecule has 1 saturated carbocycles. The molecule has 1 heterocycles. The van der Waals surface area contributed by atoms with E-state index in [9.17, 15) is 4.79 Å². The van der Waals surface area contributed by atoms with Crippen molar-refractivity contribution >= 4 is 35.0 Å². The number of carbonyl (C=O) groups is 1. The summed E-state index contributed by atoms with van der Waals surface area (Å²) in [6.07, 6.45) is 2.27. The number of ether oxygens (including phenoxy) is 1. The van der Waals surface area contributed by atoms with Crippen LogP contribution in [0, 0.1) is 0 Å². The first-order valence-electron chi connectivity index (χ1n) is 9.44. The number of thioether (sulfide) groups is 1. The summed E-state index contributed by atoms with van der Waals surface area (Å²) in [6.45, 7) is 2.05. The minimum absolute atomic E-state index is 0.0951. The van der Waals surface area contributed by atoms with E-state index in [1.807, 2.05) is 48.5 Å². The van der Waals surface area contributed by atoms with Crippen LogP contribution in [0.2, 0.25) is 5.02 Å². The number of hydrogen-bond acceptors (Lipinski definition) is 5. The predicted molar refractivity (Wildman–Crippen MR) is 115 cm³/mol. The zero-order valence-electron chi connectivity index (χ0n) is 16.0. The van der Waals surface area contributed by atoms with Crippen LogP contribution in [0.3, 0.4) is 0 Å². The molecule has 0 atom stereocenters. The van der Waals surface area contributed by atoms with E-state index < -0.39 is 0 Å². The lowest BCUT2D eigenvalue weighted by Crippen LogP contribution is -2.08. The summed E-state index contributed by atoms with van der Waals surface area (Å²) in [7, 11) is 0. The van der Waals surface area contributed by atoms with Crippen LogP contribution in [0.4, 0.5) is 5.69 Å². The summed E-state index contributed by atoms with van der Waals surface area (Å²) in [5.41, 5.74) is 1.71. The number of amides is 1. The quantitative estimate of drug-likeness (QED) is 0.407. The van der Waals surface area contributed by atoms with Gasteiger partial charge in [-0.3, -0.25) is 9.36 Å². The topological polar surface area (TPSA) is 69.0 Å². The van der Waals surface area contributed by atoms with Crippen LogP contribution in [0.1, 0.15) is 31.5 Å². The second-order valence-electron chi connectivity index (χ2n) is 6.83. The van der Waals surface area contributed by atoms with Gasteiger partial charge in [0.1, 0.15) is 11.6 Å². The number of benzene rings is 2. The van der Waals surface area contributed by atoms with Gasteiger partial charge in [-0.1, -0.05) is 29.4 Å². The average molecular weight is 429 g/mol. The van der Waals surface area contributed by atoms with Crippen molar-refractivity contribution in [1.82, 2.24) is 14.8 Å². The summed E-state index contributed by atoms with van der Waals surface area (Å²) in [5.74, 6) is 2.86. The lowest BCUT2D eigenvalue weighted by atomic mass is 10.2. The normalized spacial score (nSPS) is 13.3. The van der Waals surface area contributed by atoms with E-state index in [4.69, 9.17) is 16.3 Å². The van der Waals surface area contributed by atoms with Crippen LogP contribution in [0.25, 0.3) is 5.69 Å². The maximum atomic E-state index is 11.4. The molecular weight excluding hydrogens is 408 g/mol. The van der Waals surface area contributed by atoms with Crippen molar-refractivity contribution in [2.45, 2.75) is 30.8 Å². The fourth-order valence-electron chi connectivity index (χ4n) is 2.97. The fourth-order valence-corrected chi connectivity index (χ4v) is 3.87. The molecule has 0 saturated heterocycles. The molecule has 3 aromatic rings. The molecule has 29 heavy (non-hydrogen) atoms. The molecule has 1 N–H and O–H groups in total. The highest BCUT2D eigenvalue weighted by molar-refractivity contribution is 7.99. The predicted octanol–water partition coefficient (Wildman–Crippen LogP) is 4.93. The van der Waals surface area contributed by atoms with Crippen LogP contribution in [-0.4, -0.2) is 33.0 Å². The fraction of sp³-hybridized carbons (Fsp3) is 0.286. The molecule has 0 bridgehead atoms. The molecule has 0 unspecified atom stereocenters. The SMILES string of the molecule is CC(=O)Nc1cccc(-n2c(SCCOc3ccc(Cl)cc3)nnc2C2CC2)c1. The summed E-state index contributed by atoms with van der Waals surface area (Å²) < 4.78 is 7.87. The van der Waals surface area contributed by atoms with E-state index in [-0.39, 0.29) is 5.91 Å². The monoisotopic (exact) mass is 428 g/mol. The number of carbonyl (C=O) groups excluding carboxylic acids is 1. The van der Waals surface area contributed by atoms with Crippen LogP contribution in [0.15, 0.2) is 53.7 Å². The first-order chi connectivity index (χ1) is 14.1. The van der Waals surface area contributed by atoms with Gasteiger partial charge in [-0.15, -0.1) is 10.2 Å². The first kappa shape index (κ1) is 19.8. The van der Waals surface area contributed by atoms with Gasteiger partial charge in [-0.05, 0) is 55.3 Å². The van der Waals surface area contributed by atoms with Crippen LogP contribution < -0.4 is 10.1 Å². The minimum atomic E-state index is -0.0951. The molecule has 1 amide bonds. The number of anilines is 1. The molecule has 1 aliphatic carbocycles. The Bertz CT molecular complexity index is 1000. The van der Waals surface area contributed by atoms with Crippen molar-refractivity contribution in [2.75, 3.05) is 17.7 Å². The highest BCUT2D eigenvalue weighted by Gasteiger charge is 2.31. The lowest BCUT2D eigenvalue weighted by Gasteiger charge is -2.12. The van der Waals surface area contributed by atoms with Crippen molar-refractivity contribution in [3.63, 3.8) is 0 Å². The minimum Gasteiger partial charge on any atom is -0.493 e. The molecule has 1 aromatic heterocycles. The van der Waals surface area contributed by atoms with Crippen LogP contribution in [-0.2, 0) is 4.79 Å². The second-order valence-corrected chi connectivity index (χ2v) is 8.33. The van der Waals surface area contributed by atoms with Gasteiger partial charge in [-0.25, -0.2) is 0 Å². The Balaban J connectivity index is 1.48. The third-order valence-electron chi connectivity index (χ3n) is 4.42. The number of rotatable bonds is 8. The zero-order chi connectivity index (χ0) is 20.2.